The van der Waals surface area contributed by atoms with E-state index < -0.39 is 0 Å². The van der Waals surface area contributed by atoms with Crippen molar-refractivity contribution in [1.29, 1.82) is 5.26 Å². The lowest BCUT2D eigenvalue weighted by molar-refractivity contribution is 1.22. The zero-order valence-electron chi connectivity index (χ0n) is 7.16. The second kappa shape index (κ2) is 6.06. The van der Waals surface area contributed by atoms with Gasteiger partial charge < -0.3 is 0 Å². The molecule has 1 nitrogen and oxygen atoms in total. The van der Waals surface area contributed by atoms with E-state index in [0.29, 0.717) is 6.42 Å². The van der Waals surface area contributed by atoms with Crippen LogP contribution in [0.15, 0.2) is 29.2 Å². The number of nitrogens with zero attached hydrogens (tertiary/aromatic N) is 1. The van der Waals surface area contributed by atoms with Crippen molar-refractivity contribution in [1.82, 2.24) is 0 Å². The van der Waals surface area contributed by atoms with Crippen molar-refractivity contribution in [2.45, 2.75) is 16.6 Å². The molecule has 0 N–H and O–H groups in total. The molecule has 0 aliphatic heterocycles. The smallest absolute Gasteiger partial charge is 0.0630 e. The SMILES string of the molecule is N#CCCSc1ccccc1CBr. The van der Waals surface area contributed by atoms with Crippen LogP contribution in [0.1, 0.15) is 12.0 Å². The Labute approximate surface area is 91.3 Å². The first-order valence-corrected chi connectivity index (χ1v) is 6.13. The highest BCUT2D eigenvalue weighted by atomic mass is 79.9. The second-order valence-electron chi connectivity index (χ2n) is 2.50. The molecule has 0 radical (unpaired) electrons. The summed E-state index contributed by atoms with van der Waals surface area (Å²) in [6.45, 7) is 0. The van der Waals surface area contributed by atoms with Crippen molar-refractivity contribution in [3.63, 3.8) is 0 Å². The first-order valence-electron chi connectivity index (χ1n) is 4.02. The molecule has 0 fully saturated rings. The van der Waals surface area contributed by atoms with E-state index in [-0.39, 0.29) is 0 Å². The van der Waals surface area contributed by atoms with Gasteiger partial charge in [-0.1, -0.05) is 34.1 Å². The lowest BCUT2D eigenvalue weighted by Crippen LogP contribution is -1.84. The highest BCUT2D eigenvalue weighted by Gasteiger charge is 1.99. The molecule has 0 bridgehead atoms. The van der Waals surface area contributed by atoms with Crippen LogP contribution in [0.5, 0.6) is 0 Å². The molecule has 0 saturated heterocycles. The monoisotopic (exact) mass is 255 g/mol. The molecule has 13 heavy (non-hydrogen) atoms. The van der Waals surface area contributed by atoms with Crippen LogP contribution in [0, 0.1) is 11.3 Å². The molecule has 0 saturated carbocycles. The van der Waals surface area contributed by atoms with Gasteiger partial charge in [-0.2, -0.15) is 5.26 Å². The average molecular weight is 256 g/mol. The highest BCUT2D eigenvalue weighted by molar-refractivity contribution is 9.08. The molecular formula is C10H10BrNS. The molecule has 0 aromatic heterocycles. The van der Waals surface area contributed by atoms with Gasteiger partial charge in [-0.05, 0) is 11.6 Å². The topological polar surface area (TPSA) is 23.8 Å². The molecule has 0 heterocycles. The first-order chi connectivity index (χ1) is 6.38. The van der Waals surface area contributed by atoms with Gasteiger partial charge in [0.05, 0.1) is 6.07 Å². The molecular weight excluding hydrogens is 246 g/mol. The van der Waals surface area contributed by atoms with E-state index in [4.69, 9.17) is 5.26 Å². The fourth-order valence-corrected chi connectivity index (χ4v) is 2.55. The van der Waals surface area contributed by atoms with E-state index >= 15 is 0 Å². The third kappa shape index (κ3) is 3.41. The maximum atomic E-state index is 8.40. The molecule has 1 aromatic carbocycles. The van der Waals surface area contributed by atoms with Gasteiger partial charge in [0.25, 0.3) is 0 Å². The Hall–Kier alpha value is -0.460. The molecule has 0 aliphatic carbocycles. The normalized spacial score (nSPS) is 9.54. The van der Waals surface area contributed by atoms with Gasteiger partial charge >= 0.3 is 0 Å². The van der Waals surface area contributed by atoms with Gasteiger partial charge in [0.1, 0.15) is 0 Å². The lowest BCUT2D eigenvalue weighted by atomic mass is 10.2. The summed E-state index contributed by atoms with van der Waals surface area (Å²) in [5, 5.41) is 9.28. The van der Waals surface area contributed by atoms with Crippen LogP contribution >= 0.6 is 27.7 Å². The molecule has 3 heteroatoms. The maximum absolute atomic E-state index is 8.40. The summed E-state index contributed by atoms with van der Waals surface area (Å²) in [6.07, 6.45) is 0.612. The Morgan fingerprint density at radius 1 is 1.38 bits per heavy atom. The van der Waals surface area contributed by atoms with Crippen LogP contribution in [0.2, 0.25) is 0 Å². The van der Waals surface area contributed by atoms with Crippen LogP contribution in [0.3, 0.4) is 0 Å². The third-order valence-corrected chi connectivity index (χ3v) is 3.31. The van der Waals surface area contributed by atoms with Crippen LogP contribution in [-0.4, -0.2) is 5.75 Å². The van der Waals surface area contributed by atoms with Gasteiger partial charge in [0, 0.05) is 22.4 Å². The third-order valence-electron chi connectivity index (χ3n) is 1.59. The number of thioether (sulfide) groups is 1. The van der Waals surface area contributed by atoms with E-state index in [1.54, 1.807) is 11.8 Å². The lowest BCUT2D eigenvalue weighted by Gasteiger charge is -2.04. The molecule has 0 amide bonds. The standard InChI is InChI=1S/C10H10BrNS/c11-8-9-4-1-2-5-10(9)13-7-3-6-12/h1-2,4-5H,3,7-8H2. The fraction of sp³-hybridized carbons (Fsp3) is 0.300. The van der Waals surface area contributed by atoms with E-state index in [0.717, 1.165) is 11.1 Å². The minimum atomic E-state index is 0.612. The predicted molar refractivity (Wildman–Crippen MR) is 60.0 cm³/mol. The number of nitriles is 1. The largest absolute Gasteiger partial charge is 0.198 e. The maximum Gasteiger partial charge on any atom is 0.0630 e. The minimum Gasteiger partial charge on any atom is -0.198 e. The number of halogens is 1. The van der Waals surface area contributed by atoms with Crippen molar-refractivity contribution < 1.29 is 0 Å². The zero-order chi connectivity index (χ0) is 9.52. The summed E-state index contributed by atoms with van der Waals surface area (Å²) < 4.78 is 0. The summed E-state index contributed by atoms with van der Waals surface area (Å²) in [5.74, 6) is 0.876. The van der Waals surface area contributed by atoms with Gasteiger partial charge in [-0.15, -0.1) is 11.8 Å². The first kappa shape index (κ1) is 10.6. The van der Waals surface area contributed by atoms with Gasteiger partial charge in [-0.3, -0.25) is 0 Å². The predicted octanol–water partition coefficient (Wildman–Crippen LogP) is 3.59. The van der Waals surface area contributed by atoms with Crippen molar-refractivity contribution in [3.05, 3.63) is 29.8 Å². The van der Waals surface area contributed by atoms with E-state index in [1.807, 2.05) is 12.1 Å². The number of benzene rings is 1. The van der Waals surface area contributed by atoms with Crippen LogP contribution in [0.25, 0.3) is 0 Å². The zero-order valence-corrected chi connectivity index (χ0v) is 9.57. The Kier molecular flexibility index (Phi) is 4.95. The summed E-state index contributed by atoms with van der Waals surface area (Å²) in [6, 6.07) is 10.4. The Morgan fingerprint density at radius 2 is 2.15 bits per heavy atom. The number of alkyl halides is 1. The van der Waals surface area contributed by atoms with Crippen molar-refractivity contribution >= 4 is 27.7 Å². The molecule has 0 spiro atoms. The van der Waals surface area contributed by atoms with Crippen molar-refractivity contribution in [3.8, 4) is 6.07 Å². The second-order valence-corrected chi connectivity index (χ2v) is 4.20. The van der Waals surface area contributed by atoms with Crippen molar-refractivity contribution in [2.75, 3.05) is 5.75 Å². The minimum absolute atomic E-state index is 0.612. The summed E-state index contributed by atoms with van der Waals surface area (Å²) in [7, 11) is 0. The Balaban J connectivity index is 2.60. The number of hydrogen-bond donors (Lipinski definition) is 0. The van der Waals surface area contributed by atoms with E-state index in [9.17, 15) is 0 Å². The molecule has 0 unspecified atom stereocenters. The summed E-state index contributed by atoms with van der Waals surface area (Å²) in [4.78, 5) is 1.27. The van der Waals surface area contributed by atoms with Crippen LogP contribution in [0.4, 0.5) is 0 Å². The fourth-order valence-electron chi connectivity index (χ4n) is 0.962. The Morgan fingerprint density at radius 3 is 2.85 bits per heavy atom. The number of hydrogen-bond acceptors (Lipinski definition) is 2. The quantitative estimate of drug-likeness (QED) is 0.467. The molecule has 0 atom stereocenters. The Bertz CT molecular complexity index is 306. The summed E-state index contributed by atoms with van der Waals surface area (Å²) in [5.41, 5.74) is 1.30. The van der Waals surface area contributed by atoms with Crippen LogP contribution in [-0.2, 0) is 5.33 Å². The average Bonchev–Trinajstić information content (AvgIpc) is 2.19. The van der Waals surface area contributed by atoms with E-state index in [2.05, 4.69) is 34.1 Å². The number of rotatable bonds is 4. The highest BCUT2D eigenvalue weighted by Crippen LogP contribution is 2.24. The van der Waals surface area contributed by atoms with Crippen LogP contribution < -0.4 is 0 Å². The molecule has 1 rings (SSSR count). The molecule has 1 aromatic rings. The molecule has 68 valence electrons. The summed E-state index contributed by atoms with van der Waals surface area (Å²) >= 11 is 5.18. The molecule has 0 aliphatic rings. The van der Waals surface area contributed by atoms with Gasteiger partial charge in [0.2, 0.25) is 0 Å². The van der Waals surface area contributed by atoms with Crippen molar-refractivity contribution in [2.24, 2.45) is 0 Å². The van der Waals surface area contributed by atoms with Gasteiger partial charge in [0.15, 0.2) is 0 Å². The van der Waals surface area contributed by atoms with Gasteiger partial charge in [-0.25, -0.2) is 0 Å². The van der Waals surface area contributed by atoms with E-state index in [1.165, 1.54) is 10.5 Å².